The first-order chi connectivity index (χ1) is 19.6. The van der Waals surface area contributed by atoms with Crippen molar-refractivity contribution in [1.82, 2.24) is 0 Å². The van der Waals surface area contributed by atoms with Gasteiger partial charge in [0.15, 0.2) is 0 Å². The molecule has 0 unspecified atom stereocenters. The fourth-order valence-electron chi connectivity index (χ4n) is 3.76. The van der Waals surface area contributed by atoms with Crippen LogP contribution in [0.5, 0.6) is 0 Å². The molecular weight excluding hydrogens is 480 g/mol. The first-order valence-corrected chi connectivity index (χ1v) is 13.1. The zero-order valence-corrected chi connectivity index (χ0v) is 22.5. The number of rotatable bonds is 0. The Kier molecular flexibility index (Phi) is 8.26. The van der Waals surface area contributed by atoms with Gasteiger partial charge in [-0.2, -0.15) is 0 Å². The second-order valence-electron chi connectivity index (χ2n) is 9.46. The summed E-state index contributed by atoms with van der Waals surface area (Å²) >= 11 is 0. The van der Waals surface area contributed by atoms with Gasteiger partial charge in [0.25, 0.3) is 0 Å². The number of benzene rings is 5. The van der Waals surface area contributed by atoms with E-state index in [4.69, 9.17) is 0 Å². The minimum Gasteiger partial charge on any atom is -0.0617 e. The maximum absolute atomic E-state index is 3.23. The van der Waals surface area contributed by atoms with Crippen molar-refractivity contribution in [2.24, 2.45) is 0 Å². The minimum atomic E-state index is 0.949. The highest BCUT2D eigenvalue weighted by Gasteiger charge is 1.93. The second-order valence-corrected chi connectivity index (χ2v) is 9.46. The topological polar surface area (TPSA) is 0 Å². The Morgan fingerprint density at radius 3 is 0.500 bits per heavy atom. The fraction of sp³-hybridized carbons (Fsp3) is 0.0500. The van der Waals surface area contributed by atoms with Gasteiger partial charge in [-0.25, -0.2) is 0 Å². The third kappa shape index (κ3) is 7.67. The van der Waals surface area contributed by atoms with Crippen LogP contribution < -0.4 is 0 Å². The van der Waals surface area contributed by atoms with Crippen molar-refractivity contribution in [3.63, 3.8) is 0 Å². The summed E-state index contributed by atoms with van der Waals surface area (Å²) in [5.41, 5.74) is 10.2. The van der Waals surface area contributed by atoms with Crippen LogP contribution in [0.3, 0.4) is 0 Å². The van der Waals surface area contributed by atoms with E-state index in [1.165, 1.54) is 11.1 Å². The number of hydrogen-bond donors (Lipinski definition) is 0. The molecule has 0 spiro atoms. The van der Waals surface area contributed by atoms with Crippen molar-refractivity contribution in [2.75, 3.05) is 0 Å². The first kappa shape index (κ1) is 26.0. The van der Waals surface area contributed by atoms with Gasteiger partial charge in [0.1, 0.15) is 0 Å². The third-order valence-electron chi connectivity index (χ3n) is 6.16. The summed E-state index contributed by atoms with van der Waals surface area (Å²) in [5.74, 6) is 25.7. The van der Waals surface area contributed by atoms with Gasteiger partial charge in [-0.3, -0.25) is 0 Å². The molecule has 0 saturated carbocycles. The molecule has 0 aromatic heterocycles. The maximum atomic E-state index is 3.23. The normalized spacial score (nSPS) is 9.45. The molecular formula is C40H26. The largest absolute Gasteiger partial charge is 0.0617 e. The van der Waals surface area contributed by atoms with Crippen molar-refractivity contribution in [2.45, 2.75) is 13.8 Å². The van der Waals surface area contributed by atoms with Crippen LogP contribution in [0.25, 0.3) is 0 Å². The Bertz CT molecular complexity index is 1710. The Balaban J connectivity index is 1.18. The smallest absolute Gasteiger partial charge is 0.0249 e. The summed E-state index contributed by atoms with van der Waals surface area (Å²) in [6.07, 6.45) is 0. The number of hydrogen-bond acceptors (Lipinski definition) is 0. The highest BCUT2D eigenvalue weighted by molar-refractivity contribution is 5.51. The minimum absolute atomic E-state index is 0.949. The fourth-order valence-corrected chi connectivity index (χ4v) is 3.76. The van der Waals surface area contributed by atoms with Crippen molar-refractivity contribution in [1.29, 1.82) is 0 Å². The van der Waals surface area contributed by atoms with Crippen LogP contribution in [-0.2, 0) is 0 Å². The van der Waals surface area contributed by atoms with E-state index in [2.05, 4.69) is 85.5 Å². The first-order valence-electron chi connectivity index (χ1n) is 13.1. The standard InChI is InChI=1S/C40H26/c1-31-3-7-33(8-4-31)11-13-35-15-19-37(20-16-35)23-25-39-27-29-40(30-28-39)26-24-38-21-17-36(18-22-38)14-12-34-9-5-32(2)6-10-34/h3-10,15-22,27-30H,1-2H3. The van der Waals surface area contributed by atoms with Gasteiger partial charge in [-0.15, -0.1) is 0 Å². The van der Waals surface area contributed by atoms with E-state index in [1.807, 2.05) is 97.1 Å². The Morgan fingerprint density at radius 1 is 0.225 bits per heavy atom. The lowest BCUT2D eigenvalue weighted by atomic mass is 10.1. The molecule has 5 aromatic rings. The second kappa shape index (κ2) is 12.7. The summed E-state index contributed by atoms with van der Waals surface area (Å²) in [5, 5.41) is 0. The van der Waals surface area contributed by atoms with E-state index in [0.29, 0.717) is 0 Å². The van der Waals surface area contributed by atoms with Crippen LogP contribution in [0.1, 0.15) is 55.6 Å². The van der Waals surface area contributed by atoms with Crippen molar-refractivity contribution < 1.29 is 0 Å². The molecule has 0 saturated heterocycles. The van der Waals surface area contributed by atoms with Crippen LogP contribution in [0.4, 0.5) is 0 Å². The van der Waals surface area contributed by atoms with E-state index < -0.39 is 0 Å². The Hall–Kier alpha value is -5.66. The van der Waals surface area contributed by atoms with Crippen molar-refractivity contribution >= 4 is 0 Å². The molecule has 0 radical (unpaired) electrons. The summed E-state index contributed by atoms with van der Waals surface area (Å²) in [7, 11) is 0. The molecule has 186 valence electrons. The van der Waals surface area contributed by atoms with Gasteiger partial charge >= 0.3 is 0 Å². The lowest BCUT2D eigenvalue weighted by Gasteiger charge is -1.95. The molecule has 0 amide bonds. The predicted molar refractivity (Wildman–Crippen MR) is 166 cm³/mol. The lowest BCUT2D eigenvalue weighted by molar-refractivity contribution is 1.46. The van der Waals surface area contributed by atoms with Gasteiger partial charge in [0.2, 0.25) is 0 Å². The van der Waals surface area contributed by atoms with Gasteiger partial charge in [-0.1, -0.05) is 82.8 Å². The van der Waals surface area contributed by atoms with Gasteiger partial charge in [0, 0.05) is 44.5 Å². The summed E-state index contributed by atoms with van der Waals surface area (Å²) in [4.78, 5) is 0. The van der Waals surface area contributed by atoms with E-state index in [-0.39, 0.29) is 0 Å². The van der Waals surface area contributed by atoms with E-state index in [1.54, 1.807) is 0 Å². The molecule has 0 aliphatic carbocycles. The molecule has 0 fully saturated rings. The van der Waals surface area contributed by atoms with E-state index in [9.17, 15) is 0 Å². The molecule has 0 aliphatic rings. The lowest BCUT2D eigenvalue weighted by Crippen LogP contribution is -1.81. The molecule has 0 heteroatoms. The zero-order valence-electron chi connectivity index (χ0n) is 22.5. The van der Waals surface area contributed by atoms with Gasteiger partial charge in [-0.05, 0) is 111 Å². The summed E-state index contributed by atoms with van der Waals surface area (Å²) in [6.45, 7) is 4.15. The third-order valence-corrected chi connectivity index (χ3v) is 6.16. The van der Waals surface area contributed by atoms with Gasteiger partial charge < -0.3 is 0 Å². The van der Waals surface area contributed by atoms with Crippen LogP contribution in [0.15, 0.2) is 121 Å². The van der Waals surface area contributed by atoms with Crippen LogP contribution >= 0.6 is 0 Å². The molecule has 0 heterocycles. The molecule has 0 N–H and O–H groups in total. The van der Waals surface area contributed by atoms with Gasteiger partial charge in [0.05, 0.1) is 0 Å². The molecule has 5 aromatic carbocycles. The predicted octanol–water partition coefficient (Wildman–Crippen LogP) is 7.90. The highest BCUT2D eigenvalue weighted by Crippen LogP contribution is 2.08. The molecule has 0 nitrogen and oxygen atoms in total. The summed E-state index contributed by atoms with van der Waals surface area (Å²) < 4.78 is 0. The molecule has 5 rings (SSSR count). The Morgan fingerprint density at radius 2 is 0.350 bits per heavy atom. The average molecular weight is 507 g/mol. The SMILES string of the molecule is Cc1ccc(C#Cc2ccc(C#Cc3ccc(C#Cc4ccc(C#Cc5ccc(C)cc5)cc4)cc3)cc2)cc1. The molecule has 0 bridgehead atoms. The van der Waals surface area contributed by atoms with Crippen molar-refractivity contribution in [3.05, 3.63) is 177 Å². The van der Waals surface area contributed by atoms with Crippen LogP contribution in [0, 0.1) is 61.2 Å². The van der Waals surface area contributed by atoms with Crippen molar-refractivity contribution in [3.8, 4) is 47.4 Å². The zero-order chi connectivity index (χ0) is 27.6. The number of aryl methyl sites for hydroxylation is 2. The molecule has 0 aliphatic heterocycles. The Labute approximate surface area is 237 Å². The molecule has 0 atom stereocenters. The average Bonchev–Trinajstić information content (AvgIpc) is 3.00. The van der Waals surface area contributed by atoms with E-state index in [0.717, 1.165) is 44.5 Å². The molecule has 40 heavy (non-hydrogen) atoms. The monoisotopic (exact) mass is 506 g/mol. The van der Waals surface area contributed by atoms with Crippen LogP contribution in [-0.4, -0.2) is 0 Å². The maximum Gasteiger partial charge on any atom is 0.0249 e. The van der Waals surface area contributed by atoms with Crippen LogP contribution in [0.2, 0.25) is 0 Å². The quantitative estimate of drug-likeness (QED) is 0.187. The van der Waals surface area contributed by atoms with E-state index >= 15 is 0 Å². The highest BCUT2D eigenvalue weighted by atomic mass is 14.0. The summed E-state index contributed by atoms with van der Waals surface area (Å²) in [6, 6.07) is 40.5.